The summed E-state index contributed by atoms with van der Waals surface area (Å²) in [6, 6.07) is 7.00. The van der Waals surface area contributed by atoms with Gasteiger partial charge in [-0.3, -0.25) is 4.79 Å². The molecule has 2 rings (SSSR count). The number of carbonyl (C=O) groups is 1. The zero-order chi connectivity index (χ0) is 14.7. The van der Waals surface area contributed by atoms with Gasteiger partial charge in [0, 0.05) is 27.7 Å². The quantitative estimate of drug-likeness (QED) is 0.783. The average molecular weight is 335 g/mol. The highest BCUT2D eigenvalue weighted by molar-refractivity contribution is 9.10. The van der Waals surface area contributed by atoms with Crippen LogP contribution in [0.5, 0.6) is 11.6 Å². The molecule has 0 fully saturated rings. The maximum absolute atomic E-state index is 10.9. The van der Waals surface area contributed by atoms with Crippen LogP contribution in [0.2, 0.25) is 0 Å². The summed E-state index contributed by atoms with van der Waals surface area (Å²) in [5.41, 5.74) is 1.39. The maximum Gasteiger partial charge on any atom is 0.222 e. The molecule has 104 valence electrons. The Balaban J connectivity index is 2.32. The minimum atomic E-state index is 0.229. The van der Waals surface area contributed by atoms with Crippen molar-refractivity contribution in [3.05, 3.63) is 45.8 Å². The van der Waals surface area contributed by atoms with Crippen molar-refractivity contribution >= 4 is 22.2 Å². The van der Waals surface area contributed by atoms with E-state index < -0.39 is 0 Å². The van der Waals surface area contributed by atoms with Gasteiger partial charge in [0.25, 0.3) is 0 Å². The Morgan fingerprint density at radius 3 is 2.65 bits per heavy atom. The number of ether oxygens (including phenoxy) is 1. The minimum Gasteiger partial charge on any atom is -0.439 e. The number of rotatable bonds is 4. The van der Waals surface area contributed by atoms with Gasteiger partial charge >= 0.3 is 0 Å². The number of carbonyl (C=O) groups excluding carboxylic acids is 1. The number of nitrogens with zero attached hydrogens (tertiary/aromatic N) is 2. The summed E-state index contributed by atoms with van der Waals surface area (Å²) in [6.07, 6.45) is 0.779. The van der Waals surface area contributed by atoms with Gasteiger partial charge in [0.1, 0.15) is 11.6 Å². The molecule has 4 nitrogen and oxygen atoms in total. The summed E-state index contributed by atoms with van der Waals surface area (Å²) in [7, 11) is 0. The van der Waals surface area contributed by atoms with Crippen LogP contribution in [0.25, 0.3) is 0 Å². The summed E-state index contributed by atoms with van der Waals surface area (Å²) in [5.74, 6) is 2.03. The molecule has 1 heterocycles. The lowest BCUT2D eigenvalue weighted by molar-refractivity contribution is 0.112. The molecule has 0 N–H and O–H groups in total. The van der Waals surface area contributed by atoms with E-state index in [1.165, 1.54) is 0 Å². The Hall–Kier alpha value is -1.75. The average Bonchev–Trinajstić information content (AvgIpc) is 2.40. The monoisotopic (exact) mass is 334 g/mol. The molecule has 1 aromatic carbocycles. The van der Waals surface area contributed by atoms with Crippen molar-refractivity contribution in [2.45, 2.75) is 26.7 Å². The Labute approximate surface area is 126 Å². The van der Waals surface area contributed by atoms with E-state index in [1.54, 1.807) is 24.3 Å². The number of aromatic nitrogens is 2. The third-order valence-corrected chi connectivity index (χ3v) is 3.40. The predicted octanol–water partition coefficient (Wildman–Crippen LogP) is 4.28. The Morgan fingerprint density at radius 2 is 2.00 bits per heavy atom. The number of halogens is 1. The fourth-order valence-corrected chi connectivity index (χ4v) is 2.01. The molecule has 0 atom stereocenters. The van der Waals surface area contributed by atoms with Crippen molar-refractivity contribution in [1.29, 1.82) is 0 Å². The van der Waals surface area contributed by atoms with Gasteiger partial charge in [-0.15, -0.1) is 0 Å². The van der Waals surface area contributed by atoms with Crippen molar-refractivity contribution < 1.29 is 9.53 Å². The molecule has 20 heavy (non-hydrogen) atoms. The van der Waals surface area contributed by atoms with Gasteiger partial charge in [0.2, 0.25) is 5.88 Å². The van der Waals surface area contributed by atoms with Crippen molar-refractivity contribution in [1.82, 2.24) is 9.97 Å². The fourth-order valence-electron chi connectivity index (χ4n) is 1.67. The van der Waals surface area contributed by atoms with Gasteiger partial charge in [-0.1, -0.05) is 29.8 Å². The van der Waals surface area contributed by atoms with Crippen LogP contribution in [0.3, 0.4) is 0 Å². The normalized spacial score (nSPS) is 10.7. The molecule has 0 saturated heterocycles. The van der Waals surface area contributed by atoms with E-state index in [0.717, 1.165) is 22.3 Å². The van der Waals surface area contributed by atoms with Crippen LogP contribution in [0.1, 0.15) is 41.6 Å². The van der Waals surface area contributed by atoms with Crippen molar-refractivity contribution in [2.75, 3.05) is 0 Å². The molecule has 0 spiro atoms. The second-order valence-electron chi connectivity index (χ2n) is 4.76. The zero-order valence-corrected chi connectivity index (χ0v) is 13.1. The van der Waals surface area contributed by atoms with Crippen molar-refractivity contribution in [2.24, 2.45) is 0 Å². The maximum atomic E-state index is 10.9. The first-order chi connectivity index (χ1) is 9.49. The second-order valence-corrected chi connectivity index (χ2v) is 5.62. The predicted molar refractivity (Wildman–Crippen MR) is 80.5 cm³/mol. The van der Waals surface area contributed by atoms with E-state index in [1.807, 2.05) is 20.8 Å². The number of aryl methyl sites for hydroxylation is 1. The highest BCUT2D eigenvalue weighted by Gasteiger charge is 2.09. The molecule has 0 unspecified atom stereocenters. The summed E-state index contributed by atoms with van der Waals surface area (Å²) in [5, 5.41) is 0. The third kappa shape index (κ3) is 3.42. The molecule has 0 saturated carbocycles. The molecule has 2 aromatic rings. The first kappa shape index (κ1) is 14.7. The van der Waals surface area contributed by atoms with Crippen LogP contribution in [-0.4, -0.2) is 16.3 Å². The van der Waals surface area contributed by atoms with Crippen molar-refractivity contribution in [3.63, 3.8) is 0 Å². The molecule has 1 aromatic heterocycles. The van der Waals surface area contributed by atoms with Gasteiger partial charge in [-0.2, -0.15) is 4.98 Å². The van der Waals surface area contributed by atoms with Crippen LogP contribution in [0.4, 0.5) is 0 Å². The van der Waals surface area contributed by atoms with Crippen LogP contribution in [-0.2, 0) is 0 Å². The number of hydrogen-bond acceptors (Lipinski definition) is 4. The lowest BCUT2D eigenvalue weighted by Crippen LogP contribution is -2.01. The first-order valence-electron chi connectivity index (χ1n) is 6.27. The first-order valence-corrected chi connectivity index (χ1v) is 7.07. The second kappa shape index (κ2) is 6.13. The highest BCUT2D eigenvalue weighted by atomic mass is 79.9. The largest absolute Gasteiger partial charge is 0.439 e. The molecule has 0 aliphatic rings. The molecule has 5 heteroatoms. The molecule has 0 radical (unpaired) electrons. The molecular weight excluding hydrogens is 320 g/mol. The summed E-state index contributed by atoms with van der Waals surface area (Å²) in [6.45, 7) is 5.96. The summed E-state index contributed by atoms with van der Waals surface area (Å²) in [4.78, 5) is 19.7. The topological polar surface area (TPSA) is 52.1 Å². The van der Waals surface area contributed by atoms with E-state index >= 15 is 0 Å². The lowest BCUT2D eigenvalue weighted by atomic mass is 10.2. The van der Waals surface area contributed by atoms with Gasteiger partial charge in [0.15, 0.2) is 6.29 Å². The Bertz CT molecular complexity index is 642. The highest BCUT2D eigenvalue weighted by Crippen LogP contribution is 2.26. The molecule has 0 aliphatic heterocycles. The van der Waals surface area contributed by atoms with Crippen LogP contribution in [0, 0.1) is 6.92 Å². The number of hydrogen-bond donors (Lipinski definition) is 0. The van der Waals surface area contributed by atoms with E-state index in [0.29, 0.717) is 17.2 Å². The van der Waals surface area contributed by atoms with E-state index in [9.17, 15) is 4.79 Å². The van der Waals surface area contributed by atoms with Gasteiger partial charge < -0.3 is 4.74 Å². The minimum absolute atomic E-state index is 0.229. The molecule has 0 aliphatic carbocycles. The zero-order valence-electron chi connectivity index (χ0n) is 11.6. The summed E-state index contributed by atoms with van der Waals surface area (Å²) < 4.78 is 6.45. The van der Waals surface area contributed by atoms with Crippen LogP contribution in [0.15, 0.2) is 28.7 Å². The van der Waals surface area contributed by atoms with Crippen LogP contribution >= 0.6 is 15.9 Å². The van der Waals surface area contributed by atoms with Gasteiger partial charge in [0.05, 0.1) is 0 Å². The van der Waals surface area contributed by atoms with E-state index in [-0.39, 0.29) is 5.92 Å². The van der Waals surface area contributed by atoms with E-state index in [4.69, 9.17) is 4.74 Å². The number of benzene rings is 1. The number of aldehydes is 1. The molecule has 0 bridgehead atoms. The van der Waals surface area contributed by atoms with Crippen LogP contribution < -0.4 is 4.74 Å². The summed E-state index contributed by atoms with van der Waals surface area (Å²) >= 11 is 3.31. The van der Waals surface area contributed by atoms with E-state index in [2.05, 4.69) is 25.9 Å². The van der Waals surface area contributed by atoms with Gasteiger partial charge in [-0.05, 0) is 25.1 Å². The molecule has 0 amide bonds. The molecular formula is C15H15BrN2O2. The smallest absolute Gasteiger partial charge is 0.222 e. The van der Waals surface area contributed by atoms with Crippen molar-refractivity contribution in [3.8, 4) is 11.6 Å². The lowest BCUT2D eigenvalue weighted by Gasteiger charge is -2.10. The van der Waals surface area contributed by atoms with Gasteiger partial charge in [-0.25, -0.2) is 4.98 Å². The fraction of sp³-hybridized carbons (Fsp3) is 0.267. The Morgan fingerprint density at radius 1 is 1.25 bits per heavy atom. The SMILES string of the molecule is Cc1cc(Oc2ccc(Br)c(C=O)c2)nc(C(C)C)n1. The standard InChI is InChI=1S/C15H15BrN2O2/c1-9(2)15-17-10(3)6-14(18-15)20-12-4-5-13(16)11(7-12)8-19/h4-9H,1-3H3. The third-order valence-electron chi connectivity index (χ3n) is 2.68. The Kier molecular flexibility index (Phi) is 4.49.